The zero-order valence-electron chi connectivity index (χ0n) is 12.0. The van der Waals surface area contributed by atoms with E-state index in [2.05, 4.69) is 0 Å². The summed E-state index contributed by atoms with van der Waals surface area (Å²) < 4.78 is 23.8. The Labute approximate surface area is 123 Å². The van der Waals surface area contributed by atoms with Gasteiger partial charge in [0.05, 0.1) is 19.8 Å². The van der Waals surface area contributed by atoms with Crippen molar-refractivity contribution in [3.63, 3.8) is 0 Å². The van der Waals surface area contributed by atoms with Crippen molar-refractivity contribution in [2.75, 3.05) is 26.4 Å². The van der Waals surface area contributed by atoms with Crippen LogP contribution in [0.4, 0.5) is 4.39 Å². The molecule has 1 aliphatic heterocycles. The Morgan fingerprint density at radius 3 is 2.62 bits per heavy atom. The van der Waals surface area contributed by atoms with E-state index in [4.69, 9.17) is 9.47 Å². The summed E-state index contributed by atoms with van der Waals surface area (Å²) in [5.74, 6) is 0.313. The molecule has 1 unspecified atom stereocenters. The second kappa shape index (κ2) is 6.54. The highest BCUT2D eigenvalue weighted by Gasteiger charge is 2.32. The van der Waals surface area contributed by atoms with Crippen LogP contribution in [0, 0.1) is 11.7 Å². The summed E-state index contributed by atoms with van der Waals surface area (Å²) in [4.78, 5) is 14.4. The van der Waals surface area contributed by atoms with Gasteiger partial charge in [0.1, 0.15) is 5.82 Å². The second-order valence-electron chi connectivity index (χ2n) is 5.72. The first-order valence-corrected chi connectivity index (χ1v) is 7.45. The molecule has 1 aliphatic carbocycles. The fourth-order valence-corrected chi connectivity index (χ4v) is 2.49. The SMILES string of the molecule is O=C(C1COCCO1)N(Cc1ccc(F)cc1)CC1CC1. The van der Waals surface area contributed by atoms with Crippen molar-refractivity contribution in [1.29, 1.82) is 0 Å². The number of ether oxygens (including phenoxy) is 2. The molecular weight excluding hydrogens is 273 g/mol. The van der Waals surface area contributed by atoms with Gasteiger partial charge in [0.15, 0.2) is 6.10 Å². The van der Waals surface area contributed by atoms with Crippen molar-refractivity contribution < 1.29 is 18.7 Å². The number of carbonyl (C=O) groups excluding carboxylic acids is 1. The highest BCUT2D eigenvalue weighted by molar-refractivity contribution is 5.81. The average molecular weight is 293 g/mol. The van der Waals surface area contributed by atoms with Crippen LogP contribution in [0.25, 0.3) is 0 Å². The van der Waals surface area contributed by atoms with E-state index in [1.807, 2.05) is 4.90 Å². The Balaban J connectivity index is 1.67. The number of rotatable bonds is 5. The van der Waals surface area contributed by atoms with Gasteiger partial charge in [-0.05, 0) is 36.5 Å². The van der Waals surface area contributed by atoms with Crippen molar-refractivity contribution in [3.8, 4) is 0 Å². The standard InChI is InChI=1S/C16H20FNO3/c17-14-5-3-13(4-6-14)10-18(9-12-1-2-12)16(19)15-11-20-7-8-21-15/h3-6,12,15H,1-2,7-11H2. The number of benzene rings is 1. The lowest BCUT2D eigenvalue weighted by atomic mass is 10.2. The van der Waals surface area contributed by atoms with E-state index in [9.17, 15) is 9.18 Å². The molecule has 0 bridgehead atoms. The number of carbonyl (C=O) groups is 1. The van der Waals surface area contributed by atoms with E-state index in [1.54, 1.807) is 12.1 Å². The molecule has 1 aromatic rings. The molecule has 0 aromatic heterocycles. The molecule has 1 saturated heterocycles. The highest BCUT2D eigenvalue weighted by atomic mass is 19.1. The first-order valence-electron chi connectivity index (χ1n) is 7.45. The fraction of sp³-hybridized carbons (Fsp3) is 0.562. The average Bonchev–Trinajstić information content (AvgIpc) is 3.33. The molecule has 1 aromatic carbocycles. The zero-order chi connectivity index (χ0) is 14.7. The largest absolute Gasteiger partial charge is 0.376 e. The summed E-state index contributed by atoms with van der Waals surface area (Å²) in [6.45, 7) is 2.57. The van der Waals surface area contributed by atoms with Crippen molar-refractivity contribution in [1.82, 2.24) is 4.90 Å². The van der Waals surface area contributed by atoms with Gasteiger partial charge in [-0.15, -0.1) is 0 Å². The lowest BCUT2D eigenvalue weighted by Crippen LogP contribution is -2.45. The molecular formula is C16H20FNO3. The second-order valence-corrected chi connectivity index (χ2v) is 5.72. The Hall–Kier alpha value is -1.46. The predicted octanol–water partition coefficient (Wildman–Crippen LogP) is 1.98. The highest BCUT2D eigenvalue weighted by Crippen LogP contribution is 2.30. The molecule has 1 atom stereocenters. The minimum atomic E-state index is -0.502. The smallest absolute Gasteiger partial charge is 0.254 e. The number of amides is 1. The number of hydrogen-bond acceptors (Lipinski definition) is 3. The van der Waals surface area contributed by atoms with Crippen molar-refractivity contribution in [2.45, 2.75) is 25.5 Å². The van der Waals surface area contributed by atoms with Gasteiger partial charge < -0.3 is 14.4 Å². The molecule has 0 radical (unpaired) electrons. The van der Waals surface area contributed by atoms with Crippen LogP contribution in [0.2, 0.25) is 0 Å². The molecule has 0 N–H and O–H groups in total. The van der Waals surface area contributed by atoms with Gasteiger partial charge in [0, 0.05) is 13.1 Å². The van der Waals surface area contributed by atoms with E-state index < -0.39 is 6.10 Å². The maximum atomic E-state index is 13.0. The lowest BCUT2D eigenvalue weighted by molar-refractivity contribution is -0.158. The number of hydrogen-bond donors (Lipinski definition) is 0. The van der Waals surface area contributed by atoms with E-state index in [0.717, 1.165) is 12.1 Å². The zero-order valence-corrected chi connectivity index (χ0v) is 12.0. The van der Waals surface area contributed by atoms with Gasteiger partial charge in [-0.1, -0.05) is 12.1 Å². The monoisotopic (exact) mass is 293 g/mol. The fourth-order valence-electron chi connectivity index (χ4n) is 2.49. The molecule has 0 spiro atoms. The van der Waals surface area contributed by atoms with Crippen LogP contribution in [0.1, 0.15) is 18.4 Å². The number of halogens is 1. The lowest BCUT2D eigenvalue weighted by Gasteiger charge is -2.29. The Morgan fingerprint density at radius 1 is 1.24 bits per heavy atom. The molecule has 1 amide bonds. The van der Waals surface area contributed by atoms with Crippen LogP contribution >= 0.6 is 0 Å². The Bertz CT molecular complexity index is 481. The minimum absolute atomic E-state index is 0.0223. The third-order valence-electron chi connectivity index (χ3n) is 3.87. The first-order chi connectivity index (χ1) is 10.2. The summed E-state index contributed by atoms with van der Waals surface area (Å²) in [5, 5.41) is 0. The maximum absolute atomic E-state index is 13.0. The normalized spacial score (nSPS) is 22.0. The molecule has 114 valence electrons. The summed E-state index contributed by atoms with van der Waals surface area (Å²) in [6.07, 6.45) is 1.85. The maximum Gasteiger partial charge on any atom is 0.254 e. The molecule has 21 heavy (non-hydrogen) atoms. The Kier molecular flexibility index (Phi) is 4.51. The van der Waals surface area contributed by atoms with Crippen molar-refractivity contribution in [2.24, 2.45) is 5.92 Å². The molecule has 4 nitrogen and oxygen atoms in total. The van der Waals surface area contributed by atoms with Gasteiger partial charge in [-0.25, -0.2) is 4.39 Å². The minimum Gasteiger partial charge on any atom is -0.376 e. The van der Waals surface area contributed by atoms with Gasteiger partial charge in [-0.2, -0.15) is 0 Å². The van der Waals surface area contributed by atoms with E-state index >= 15 is 0 Å². The van der Waals surface area contributed by atoms with Gasteiger partial charge in [-0.3, -0.25) is 4.79 Å². The molecule has 5 heteroatoms. The van der Waals surface area contributed by atoms with Gasteiger partial charge >= 0.3 is 0 Å². The van der Waals surface area contributed by atoms with Crippen molar-refractivity contribution >= 4 is 5.91 Å². The van der Waals surface area contributed by atoms with Crippen LogP contribution in [0.15, 0.2) is 24.3 Å². The van der Waals surface area contributed by atoms with Crippen molar-refractivity contribution in [3.05, 3.63) is 35.6 Å². The predicted molar refractivity (Wildman–Crippen MR) is 75.1 cm³/mol. The van der Waals surface area contributed by atoms with Gasteiger partial charge in [0.25, 0.3) is 5.91 Å². The molecule has 2 fully saturated rings. The van der Waals surface area contributed by atoms with Crippen LogP contribution < -0.4 is 0 Å². The topological polar surface area (TPSA) is 38.8 Å². The Morgan fingerprint density at radius 2 is 2.00 bits per heavy atom. The van der Waals surface area contributed by atoms with E-state index in [1.165, 1.54) is 25.0 Å². The third kappa shape index (κ3) is 4.02. The molecule has 1 heterocycles. The summed E-state index contributed by atoms with van der Waals surface area (Å²) in [5.41, 5.74) is 0.933. The summed E-state index contributed by atoms with van der Waals surface area (Å²) >= 11 is 0. The van der Waals surface area contributed by atoms with E-state index in [0.29, 0.717) is 32.3 Å². The molecule has 3 rings (SSSR count). The van der Waals surface area contributed by atoms with Crippen LogP contribution in [0.5, 0.6) is 0 Å². The van der Waals surface area contributed by atoms with Crippen LogP contribution in [-0.4, -0.2) is 43.3 Å². The first kappa shape index (κ1) is 14.5. The van der Waals surface area contributed by atoms with Gasteiger partial charge in [0.2, 0.25) is 0 Å². The van der Waals surface area contributed by atoms with Crippen LogP contribution in [0.3, 0.4) is 0 Å². The third-order valence-corrected chi connectivity index (χ3v) is 3.87. The summed E-state index contributed by atoms with van der Waals surface area (Å²) in [7, 11) is 0. The molecule has 2 aliphatic rings. The van der Waals surface area contributed by atoms with Crippen LogP contribution in [-0.2, 0) is 20.8 Å². The number of nitrogens with zero attached hydrogens (tertiary/aromatic N) is 1. The summed E-state index contributed by atoms with van der Waals surface area (Å²) in [6, 6.07) is 6.30. The molecule has 1 saturated carbocycles. The van der Waals surface area contributed by atoms with E-state index in [-0.39, 0.29) is 11.7 Å². The quantitative estimate of drug-likeness (QED) is 0.833.